The van der Waals surface area contributed by atoms with Crippen molar-refractivity contribution in [2.75, 3.05) is 13.7 Å². The molecule has 2 rings (SSSR count). The van der Waals surface area contributed by atoms with Crippen LogP contribution in [-0.2, 0) is 0 Å². The number of rotatable bonds is 6. The third-order valence-corrected chi connectivity index (χ3v) is 4.29. The quantitative estimate of drug-likeness (QED) is 0.756. The van der Waals surface area contributed by atoms with Gasteiger partial charge in [0.25, 0.3) is 0 Å². The van der Waals surface area contributed by atoms with Gasteiger partial charge < -0.3 is 10.1 Å². The minimum atomic E-state index is 0.0702. The van der Waals surface area contributed by atoms with Crippen molar-refractivity contribution in [3.8, 4) is 5.75 Å². The van der Waals surface area contributed by atoms with E-state index in [1.807, 2.05) is 24.3 Å². The van der Waals surface area contributed by atoms with Crippen LogP contribution in [0.25, 0.3) is 0 Å². The molecule has 0 amide bonds. The van der Waals surface area contributed by atoms with E-state index in [1.54, 1.807) is 7.11 Å². The highest BCUT2D eigenvalue weighted by molar-refractivity contribution is 9.10. The van der Waals surface area contributed by atoms with Gasteiger partial charge in [0.05, 0.1) is 17.6 Å². The molecule has 2 aromatic carbocycles. The first-order chi connectivity index (χ1) is 10.2. The molecule has 0 heterocycles. The van der Waals surface area contributed by atoms with Crippen molar-refractivity contribution in [3.63, 3.8) is 0 Å². The molecule has 0 radical (unpaired) electrons. The lowest BCUT2D eigenvalue weighted by Crippen LogP contribution is -2.23. The normalized spacial score (nSPS) is 12.2. The Morgan fingerprint density at radius 2 is 2.00 bits per heavy atom. The van der Waals surface area contributed by atoms with Crippen LogP contribution in [0.15, 0.2) is 46.9 Å². The molecule has 1 unspecified atom stereocenters. The van der Waals surface area contributed by atoms with Gasteiger partial charge in [0, 0.05) is 5.02 Å². The van der Waals surface area contributed by atoms with Crippen molar-refractivity contribution in [2.24, 2.45) is 0 Å². The lowest BCUT2D eigenvalue weighted by Gasteiger charge is -2.21. The number of benzene rings is 2. The topological polar surface area (TPSA) is 21.3 Å². The fourth-order valence-electron chi connectivity index (χ4n) is 2.27. The third kappa shape index (κ3) is 4.00. The molecule has 2 nitrogen and oxygen atoms in total. The van der Waals surface area contributed by atoms with Crippen LogP contribution in [0.3, 0.4) is 0 Å². The number of hydrogen-bond acceptors (Lipinski definition) is 2. The van der Waals surface area contributed by atoms with Gasteiger partial charge in [0.2, 0.25) is 0 Å². The second-order valence-corrected chi connectivity index (χ2v) is 6.06. The van der Waals surface area contributed by atoms with Crippen LogP contribution in [-0.4, -0.2) is 13.7 Å². The van der Waals surface area contributed by atoms with Crippen molar-refractivity contribution in [2.45, 2.75) is 19.4 Å². The molecule has 0 aliphatic rings. The molecule has 0 bridgehead atoms. The maximum absolute atomic E-state index is 6.37. The molecule has 0 aliphatic carbocycles. The molecular formula is C17H19BrClNO. The first kappa shape index (κ1) is 16.3. The van der Waals surface area contributed by atoms with Crippen molar-refractivity contribution < 1.29 is 4.74 Å². The third-order valence-electron chi connectivity index (χ3n) is 3.32. The summed E-state index contributed by atoms with van der Waals surface area (Å²) in [5.74, 6) is 0.826. The van der Waals surface area contributed by atoms with E-state index in [0.717, 1.165) is 39.3 Å². The lowest BCUT2D eigenvalue weighted by atomic mass is 9.98. The van der Waals surface area contributed by atoms with E-state index in [2.05, 4.69) is 46.4 Å². The van der Waals surface area contributed by atoms with Gasteiger partial charge in [-0.3, -0.25) is 0 Å². The van der Waals surface area contributed by atoms with E-state index in [4.69, 9.17) is 16.3 Å². The summed E-state index contributed by atoms with van der Waals surface area (Å²) >= 11 is 9.92. The molecule has 1 atom stereocenters. The van der Waals surface area contributed by atoms with E-state index >= 15 is 0 Å². The van der Waals surface area contributed by atoms with Gasteiger partial charge in [-0.25, -0.2) is 0 Å². The molecule has 0 fully saturated rings. The van der Waals surface area contributed by atoms with Gasteiger partial charge in [-0.15, -0.1) is 0 Å². The lowest BCUT2D eigenvalue weighted by molar-refractivity contribution is 0.411. The summed E-state index contributed by atoms with van der Waals surface area (Å²) in [4.78, 5) is 0. The van der Waals surface area contributed by atoms with Crippen molar-refractivity contribution in [1.82, 2.24) is 5.32 Å². The fraction of sp³-hybridized carbons (Fsp3) is 0.294. The summed E-state index contributed by atoms with van der Waals surface area (Å²) < 4.78 is 6.24. The monoisotopic (exact) mass is 367 g/mol. The van der Waals surface area contributed by atoms with Crippen LogP contribution in [0, 0.1) is 0 Å². The molecule has 0 saturated heterocycles. The molecule has 0 saturated carbocycles. The van der Waals surface area contributed by atoms with Crippen LogP contribution < -0.4 is 10.1 Å². The fourth-order valence-corrected chi connectivity index (χ4v) is 3.07. The molecule has 0 spiro atoms. The SMILES string of the molecule is CCCNC(c1ccc(OC)c(Br)c1)c1ccccc1Cl. The summed E-state index contributed by atoms with van der Waals surface area (Å²) in [6, 6.07) is 14.1. The number of nitrogens with one attached hydrogen (secondary N) is 1. The molecule has 0 aromatic heterocycles. The van der Waals surface area contributed by atoms with Crippen molar-refractivity contribution in [3.05, 3.63) is 63.1 Å². The number of ether oxygens (including phenoxy) is 1. The average molecular weight is 369 g/mol. The van der Waals surface area contributed by atoms with E-state index in [9.17, 15) is 0 Å². The van der Waals surface area contributed by atoms with Gasteiger partial charge in [-0.1, -0.05) is 42.8 Å². The Balaban J connectivity index is 2.40. The second-order valence-electron chi connectivity index (χ2n) is 4.80. The van der Waals surface area contributed by atoms with E-state index in [1.165, 1.54) is 0 Å². The zero-order valence-electron chi connectivity index (χ0n) is 12.2. The highest BCUT2D eigenvalue weighted by Gasteiger charge is 2.17. The molecule has 2 aromatic rings. The minimum absolute atomic E-state index is 0.0702. The minimum Gasteiger partial charge on any atom is -0.496 e. The Morgan fingerprint density at radius 1 is 1.24 bits per heavy atom. The molecule has 0 aliphatic heterocycles. The highest BCUT2D eigenvalue weighted by atomic mass is 79.9. The summed E-state index contributed by atoms with van der Waals surface area (Å²) in [7, 11) is 1.67. The first-order valence-corrected chi connectivity index (χ1v) is 8.15. The average Bonchev–Trinajstić information content (AvgIpc) is 2.49. The summed E-state index contributed by atoms with van der Waals surface area (Å²) in [6.07, 6.45) is 1.07. The number of halogens is 2. The Bertz CT molecular complexity index is 603. The van der Waals surface area contributed by atoms with Gasteiger partial charge in [-0.05, 0) is 58.2 Å². The van der Waals surface area contributed by atoms with E-state index in [-0.39, 0.29) is 6.04 Å². The first-order valence-electron chi connectivity index (χ1n) is 6.98. The Hall–Kier alpha value is -1.03. The number of methoxy groups -OCH3 is 1. The van der Waals surface area contributed by atoms with Gasteiger partial charge in [0.15, 0.2) is 0 Å². The predicted octanol–water partition coefficient (Wildman–Crippen LogP) is 5.20. The van der Waals surface area contributed by atoms with Crippen LogP contribution >= 0.6 is 27.5 Å². The zero-order valence-corrected chi connectivity index (χ0v) is 14.5. The highest BCUT2D eigenvalue weighted by Crippen LogP contribution is 2.33. The molecule has 21 heavy (non-hydrogen) atoms. The van der Waals surface area contributed by atoms with Crippen LogP contribution in [0.4, 0.5) is 0 Å². The van der Waals surface area contributed by atoms with Crippen LogP contribution in [0.5, 0.6) is 5.75 Å². The largest absolute Gasteiger partial charge is 0.496 e. The van der Waals surface area contributed by atoms with Gasteiger partial charge in [0.1, 0.15) is 5.75 Å². The van der Waals surface area contributed by atoms with Crippen LogP contribution in [0.1, 0.15) is 30.5 Å². The molecule has 112 valence electrons. The number of hydrogen-bond donors (Lipinski definition) is 1. The Labute approximate surface area is 139 Å². The van der Waals surface area contributed by atoms with Gasteiger partial charge in [-0.2, -0.15) is 0 Å². The Kier molecular flexibility index (Phi) is 6.09. The zero-order chi connectivity index (χ0) is 15.2. The Morgan fingerprint density at radius 3 is 2.62 bits per heavy atom. The van der Waals surface area contributed by atoms with Crippen molar-refractivity contribution in [1.29, 1.82) is 0 Å². The smallest absolute Gasteiger partial charge is 0.133 e. The van der Waals surface area contributed by atoms with Crippen LogP contribution in [0.2, 0.25) is 5.02 Å². The second kappa shape index (κ2) is 7.83. The predicted molar refractivity (Wildman–Crippen MR) is 92.3 cm³/mol. The summed E-state index contributed by atoms with van der Waals surface area (Å²) in [5.41, 5.74) is 2.24. The van der Waals surface area contributed by atoms with E-state index in [0.29, 0.717) is 0 Å². The maximum Gasteiger partial charge on any atom is 0.133 e. The maximum atomic E-state index is 6.37. The standard InChI is InChI=1S/C17H19BrClNO/c1-3-10-20-17(13-6-4-5-7-15(13)19)12-8-9-16(21-2)14(18)11-12/h4-9,11,17,20H,3,10H2,1-2H3. The molecule has 4 heteroatoms. The van der Waals surface area contributed by atoms with Crippen molar-refractivity contribution >= 4 is 27.5 Å². The van der Waals surface area contributed by atoms with E-state index < -0.39 is 0 Å². The molecular weight excluding hydrogens is 350 g/mol. The summed E-state index contributed by atoms with van der Waals surface area (Å²) in [6.45, 7) is 3.08. The summed E-state index contributed by atoms with van der Waals surface area (Å²) in [5, 5.41) is 4.34. The molecule has 1 N–H and O–H groups in total. The van der Waals surface area contributed by atoms with Gasteiger partial charge >= 0.3 is 0 Å².